The Morgan fingerprint density at radius 2 is 1.52 bits per heavy atom. The zero-order chi connectivity index (χ0) is 16.8. The topological polar surface area (TPSA) is 82.1 Å². The minimum Gasteiger partial charge on any atom is -0.481 e. The number of hydrogen-bond donors (Lipinski definition) is 1. The van der Waals surface area contributed by atoms with Crippen molar-refractivity contribution in [3.8, 4) is 0 Å². The van der Waals surface area contributed by atoms with E-state index in [1.165, 1.54) is 0 Å². The molecule has 0 aromatic heterocycles. The van der Waals surface area contributed by atoms with Crippen molar-refractivity contribution in [3.63, 3.8) is 0 Å². The fourth-order valence-electron chi connectivity index (χ4n) is 1.82. The predicted octanol–water partition coefficient (Wildman–Crippen LogP) is 2.41. The highest BCUT2D eigenvalue weighted by Gasteiger charge is 2.04. The van der Waals surface area contributed by atoms with E-state index in [4.69, 9.17) is 19.3 Å². The Labute approximate surface area is 136 Å². The summed E-state index contributed by atoms with van der Waals surface area (Å²) in [6, 6.07) is 9.88. The van der Waals surface area contributed by atoms with Gasteiger partial charge in [0.2, 0.25) is 0 Å². The van der Waals surface area contributed by atoms with E-state index in [0.29, 0.717) is 39.3 Å². The molecule has 0 fully saturated rings. The van der Waals surface area contributed by atoms with Gasteiger partial charge < -0.3 is 19.3 Å². The molecule has 1 N–H and O–H groups in total. The third-order valence-corrected chi connectivity index (χ3v) is 3.00. The SMILES string of the molecule is O=C(O)CCCCC(=O)OCCOCCOCc1ccccc1. The molecular weight excluding hydrogens is 300 g/mol. The van der Waals surface area contributed by atoms with Gasteiger partial charge in [0.25, 0.3) is 0 Å². The molecule has 1 aromatic rings. The van der Waals surface area contributed by atoms with E-state index < -0.39 is 5.97 Å². The van der Waals surface area contributed by atoms with E-state index in [1.807, 2.05) is 30.3 Å². The standard InChI is InChI=1S/C17H24O6/c18-16(19)8-4-5-9-17(20)23-13-12-21-10-11-22-14-15-6-2-1-3-7-15/h1-3,6-7H,4-5,8-14H2,(H,18,19). The lowest BCUT2D eigenvalue weighted by molar-refractivity contribution is -0.146. The van der Waals surface area contributed by atoms with Crippen LogP contribution in [0.5, 0.6) is 0 Å². The Balaban J connectivity index is 1.85. The van der Waals surface area contributed by atoms with Gasteiger partial charge in [-0.1, -0.05) is 30.3 Å². The highest BCUT2D eigenvalue weighted by Crippen LogP contribution is 2.02. The number of carboxylic acids is 1. The second-order valence-corrected chi connectivity index (χ2v) is 4.97. The van der Waals surface area contributed by atoms with E-state index in [1.54, 1.807) is 0 Å². The van der Waals surface area contributed by atoms with Crippen LogP contribution < -0.4 is 0 Å². The number of benzene rings is 1. The van der Waals surface area contributed by atoms with Gasteiger partial charge in [-0.25, -0.2) is 0 Å². The lowest BCUT2D eigenvalue weighted by atomic mass is 10.2. The summed E-state index contributed by atoms with van der Waals surface area (Å²) in [5, 5.41) is 8.46. The van der Waals surface area contributed by atoms with Gasteiger partial charge in [-0.05, 0) is 18.4 Å². The number of rotatable bonds is 13. The van der Waals surface area contributed by atoms with Crippen molar-refractivity contribution >= 4 is 11.9 Å². The summed E-state index contributed by atoms with van der Waals surface area (Å²) in [7, 11) is 0. The van der Waals surface area contributed by atoms with Gasteiger partial charge in [0, 0.05) is 12.8 Å². The minimum atomic E-state index is -0.846. The van der Waals surface area contributed by atoms with Crippen LogP contribution in [0.2, 0.25) is 0 Å². The average molecular weight is 324 g/mol. The Morgan fingerprint density at radius 3 is 2.26 bits per heavy atom. The zero-order valence-corrected chi connectivity index (χ0v) is 13.2. The van der Waals surface area contributed by atoms with Gasteiger partial charge in [-0.2, -0.15) is 0 Å². The van der Waals surface area contributed by atoms with Crippen molar-refractivity contribution in [1.29, 1.82) is 0 Å². The smallest absolute Gasteiger partial charge is 0.305 e. The van der Waals surface area contributed by atoms with Crippen LogP contribution in [0.4, 0.5) is 0 Å². The third-order valence-electron chi connectivity index (χ3n) is 3.00. The highest BCUT2D eigenvalue weighted by atomic mass is 16.6. The van der Waals surface area contributed by atoms with Crippen LogP contribution in [0.25, 0.3) is 0 Å². The molecule has 0 saturated heterocycles. The molecule has 0 amide bonds. The summed E-state index contributed by atoms with van der Waals surface area (Å²) in [5.74, 6) is -1.17. The normalized spacial score (nSPS) is 10.4. The highest BCUT2D eigenvalue weighted by molar-refractivity contribution is 5.69. The molecule has 0 aliphatic carbocycles. The van der Waals surface area contributed by atoms with Crippen LogP contribution in [0, 0.1) is 0 Å². The van der Waals surface area contributed by atoms with Gasteiger partial charge in [0.05, 0.1) is 26.4 Å². The quantitative estimate of drug-likeness (QED) is 0.443. The number of esters is 1. The van der Waals surface area contributed by atoms with Crippen LogP contribution in [-0.2, 0) is 30.4 Å². The molecule has 23 heavy (non-hydrogen) atoms. The number of hydrogen-bond acceptors (Lipinski definition) is 5. The van der Waals surface area contributed by atoms with Crippen LogP contribution in [0.15, 0.2) is 30.3 Å². The molecule has 0 saturated carbocycles. The molecule has 0 aliphatic heterocycles. The fraction of sp³-hybridized carbons (Fsp3) is 0.529. The maximum Gasteiger partial charge on any atom is 0.305 e. The Morgan fingerprint density at radius 1 is 0.870 bits per heavy atom. The summed E-state index contributed by atoms with van der Waals surface area (Å²) in [6.07, 6.45) is 1.34. The Bertz CT molecular complexity index is 446. The van der Waals surface area contributed by atoms with E-state index in [9.17, 15) is 9.59 Å². The van der Waals surface area contributed by atoms with Gasteiger partial charge in [0.15, 0.2) is 0 Å². The molecule has 0 bridgehead atoms. The number of aliphatic carboxylic acids is 1. The van der Waals surface area contributed by atoms with Crippen molar-refractivity contribution in [1.82, 2.24) is 0 Å². The van der Waals surface area contributed by atoms with Crippen LogP contribution in [-0.4, -0.2) is 43.5 Å². The lowest BCUT2D eigenvalue weighted by Crippen LogP contribution is -2.12. The number of carboxylic acid groups (broad SMARTS) is 1. The molecule has 0 aliphatic rings. The third kappa shape index (κ3) is 11.3. The molecule has 0 heterocycles. The first-order chi connectivity index (χ1) is 11.2. The minimum absolute atomic E-state index is 0.0827. The monoisotopic (exact) mass is 324 g/mol. The molecule has 6 nitrogen and oxygen atoms in total. The van der Waals surface area contributed by atoms with E-state index >= 15 is 0 Å². The average Bonchev–Trinajstić information content (AvgIpc) is 2.55. The van der Waals surface area contributed by atoms with Gasteiger partial charge in [-0.3, -0.25) is 9.59 Å². The molecule has 0 unspecified atom stereocenters. The first kappa shape index (κ1) is 19.1. The van der Waals surface area contributed by atoms with Crippen molar-refractivity contribution < 1.29 is 28.9 Å². The summed E-state index contributed by atoms with van der Waals surface area (Å²) in [6.45, 7) is 2.02. The molecular formula is C17H24O6. The fourth-order valence-corrected chi connectivity index (χ4v) is 1.82. The molecule has 128 valence electrons. The number of carbonyl (C=O) groups is 2. The van der Waals surface area contributed by atoms with Crippen molar-refractivity contribution in [2.75, 3.05) is 26.4 Å². The summed E-state index contributed by atoms with van der Waals surface area (Å²) >= 11 is 0. The zero-order valence-electron chi connectivity index (χ0n) is 13.2. The number of ether oxygens (including phenoxy) is 3. The largest absolute Gasteiger partial charge is 0.481 e. The van der Waals surface area contributed by atoms with Crippen LogP contribution in [0.3, 0.4) is 0 Å². The second-order valence-electron chi connectivity index (χ2n) is 4.97. The molecule has 0 atom stereocenters. The molecule has 1 rings (SSSR count). The van der Waals surface area contributed by atoms with Crippen molar-refractivity contribution in [3.05, 3.63) is 35.9 Å². The first-order valence-electron chi connectivity index (χ1n) is 7.75. The number of unbranched alkanes of at least 4 members (excludes halogenated alkanes) is 1. The second kappa shape index (κ2) is 12.6. The van der Waals surface area contributed by atoms with E-state index in [0.717, 1.165) is 5.56 Å². The van der Waals surface area contributed by atoms with E-state index in [2.05, 4.69) is 0 Å². The maximum absolute atomic E-state index is 11.3. The predicted molar refractivity (Wildman–Crippen MR) is 84.0 cm³/mol. The summed E-state index contributed by atoms with van der Waals surface area (Å²) in [4.78, 5) is 21.6. The van der Waals surface area contributed by atoms with Crippen LogP contribution >= 0.6 is 0 Å². The van der Waals surface area contributed by atoms with Crippen molar-refractivity contribution in [2.45, 2.75) is 32.3 Å². The van der Waals surface area contributed by atoms with Crippen LogP contribution in [0.1, 0.15) is 31.2 Å². The number of carbonyl (C=O) groups excluding carboxylic acids is 1. The lowest BCUT2D eigenvalue weighted by Gasteiger charge is -2.07. The molecule has 1 aromatic carbocycles. The maximum atomic E-state index is 11.3. The molecule has 0 spiro atoms. The van der Waals surface area contributed by atoms with Gasteiger partial charge in [-0.15, -0.1) is 0 Å². The van der Waals surface area contributed by atoms with Gasteiger partial charge in [0.1, 0.15) is 6.61 Å². The summed E-state index contributed by atoms with van der Waals surface area (Å²) in [5.41, 5.74) is 1.12. The Hall–Kier alpha value is -1.92. The van der Waals surface area contributed by atoms with Crippen molar-refractivity contribution in [2.24, 2.45) is 0 Å². The van der Waals surface area contributed by atoms with Gasteiger partial charge >= 0.3 is 11.9 Å². The van der Waals surface area contributed by atoms with E-state index in [-0.39, 0.29) is 25.4 Å². The Kier molecular flexibility index (Phi) is 10.5. The first-order valence-corrected chi connectivity index (χ1v) is 7.75. The molecule has 6 heteroatoms. The molecule has 0 radical (unpaired) electrons. The summed E-state index contributed by atoms with van der Waals surface area (Å²) < 4.78 is 15.7.